The summed E-state index contributed by atoms with van der Waals surface area (Å²) in [5.74, 6) is -0.915. The zero-order valence-corrected chi connectivity index (χ0v) is 16.0. The first-order valence-electron chi connectivity index (χ1n) is 9.49. The largest absolute Gasteiger partial charge is 0.444 e. The molecule has 0 amide bonds. The second kappa shape index (κ2) is 8.10. The Bertz CT molecular complexity index is 1150. The number of esters is 1. The van der Waals surface area contributed by atoms with Crippen molar-refractivity contribution in [3.8, 4) is 0 Å². The first kappa shape index (κ1) is 18.6. The number of rotatable bonds is 6. The summed E-state index contributed by atoms with van der Waals surface area (Å²) < 4.78 is 5.65. The number of aromatic amines is 1. The van der Waals surface area contributed by atoms with Gasteiger partial charge in [-0.05, 0) is 24.1 Å². The lowest BCUT2D eigenvalue weighted by Crippen LogP contribution is -2.20. The molecule has 5 nitrogen and oxygen atoms in total. The number of pyridine rings is 1. The fourth-order valence-electron chi connectivity index (χ4n) is 3.41. The predicted molar refractivity (Wildman–Crippen MR) is 111 cm³/mol. The van der Waals surface area contributed by atoms with Gasteiger partial charge in [0.15, 0.2) is 6.10 Å². The lowest BCUT2D eigenvalue weighted by Gasteiger charge is -2.17. The Hall–Kier alpha value is -3.73. The van der Waals surface area contributed by atoms with Crippen molar-refractivity contribution in [3.63, 3.8) is 0 Å². The first-order valence-corrected chi connectivity index (χ1v) is 9.49. The third kappa shape index (κ3) is 3.67. The van der Waals surface area contributed by atoms with Gasteiger partial charge in [-0.3, -0.25) is 4.79 Å². The number of ether oxygens (including phenoxy) is 1. The summed E-state index contributed by atoms with van der Waals surface area (Å²) >= 11 is 0. The van der Waals surface area contributed by atoms with Crippen molar-refractivity contribution < 1.29 is 14.3 Å². The lowest BCUT2D eigenvalue weighted by atomic mass is 9.98. The number of hydrogen-bond acceptors (Lipinski definition) is 4. The van der Waals surface area contributed by atoms with Crippen molar-refractivity contribution in [1.29, 1.82) is 0 Å². The molecule has 4 rings (SSSR count). The third-order valence-electron chi connectivity index (χ3n) is 4.89. The van der Waals surface area contributed by atoms with Gasteiger partial charge in [0.25, 0.3) is 0 Å². The summed E-state index contributed by atoms with van der Waals surface area (Å²) in [6.07, 6.45) is 3.00. The van der Waals surface area contributed by atoms with Crippen LogP contribution in [0.2, 0.25) is 0 Å². The molecule has 0 saturated carbocycles. The maximum Gasteiger partial charge on any atom is 0.357 e. The van der Waals surface area contributed by atoms with E-state index in [2.05, 4.69) is 16.9 Å². The number of nitrogens with zero attached hydrogens (tertiary/aromatic N) is 1. The lowest BCUT2D eigenvalue weighted by molar-refractivity contribution is 0.0275. The zero-order valence-electron chi connectivity index (χ0n) is 16.0. The van der Waals surface area contributed by atoms with Gasteiger partial charge in [-0.2, -0.15) is 0 Å². The summed E-state index contributed by atoms with van der Waals surface area (Å²) in [4.78, 5) is 33.3. The third-order valence-corrected chi connectivity index (χ3v) is 4.89. The molecule has 5 heteroatoms. The van der Waals surface area contributed by atoms with E-state index in [0.29, 0.717) is 11.1 Å². The van der Waals surface area contributed by atoms with E-state index in [0.717, 1.165) is 22.9 Å². The maximum atomic E-state index is 13.5. The van der Waals surface area contributed by atoms with E-state index in [1.54, 1.807) is 36.5 Å². The maximum absolute atomic E-state index is 13.5. The molecule has 0 saturated heterocycles. The van der Waals surface area contributed by atoms with Gasteiger partial charge in [0.05, 0.1) is 0 Å². The Morgan fingerprint density at radius 2 is 1.79 bits per heavy atom. The summed E-state index contributed by atoms with van der Waals surface area (Å²) in [6, 6.07) is 19.9. The number of aryl methyl sites for hydroxylation is 1. The Morgan fingerprint density at radius 3 is 2.52 bits per heavy atom. The molecule has 0 fully saturated rings. The highest BCUT2D eigenvalue weighted by Crippen LogP contribution is 2.29. The molecular formula is C24H20N2O3. The van der Waals surface area contributed by atoms with E-state index >= 15 is 0 Å². The van der Waals surface area contributed by atoms with Crippen LogP contribution in [-0.4, -0.2) is 21.7 Å². The molecule has 1 atom stereocenters. The molecule has 0 aliphatic carbocycles. The van der Waals surface area contributed by atoms with Crippen molar-refractivity contribution in [2.45, 2.75) is 19.4 Å². The number of Topliss-reactive ketones (excluding diaryl/α,β-unsaturated/α-hetero) is 1. The molecule has 0 spiro atoms. The molecule has 1 N–H and O–H groups in total. The second-order valence-electron chi connectivity index (χ2n) is 6.67. The molecule has 0 bridgehead atoms. The highest BCUT2D eigenvalue weighted by atomic mass is 16.5. The molecule has 0 aliphatic heterocycles. The van der Waals surface area contributed by atoms with Gasteiger partial charge in [-0.1, -0.05) is 61.5 Å². The first-order chi connectivity index (χ1) is 14.2. The number of fused-ring (bicyclic) bond motifs is 1. The van der Waals surface area contributed by atoms with Gasteiger partial charge in [-0.15, -0.1) is 0 Å². The molecule has 2 aromatic carbocycles. The minimum atomic E-state index is -1.06. The monoisotopic (exact) mass is 384 g/mol. The number of carbonyl (C=O) groups excluding carboxylic acids is 2. The Kier molecular flexibility index (Phi) is 5.20. The second-order valence-corrected chi connectivity index (χ2v) is 6.67. The topological polar surface area (TPSA) is 72.1 Å². The van der Waals surface area contributed by atoms with E-state index in [1.165, 1.54) is 6.20 Å². The van der Waals surface area contributed by atoms with Crippen molar-refractivity contribution in [2.75, 3.05) is 0 Å². The fourth-order valence-corrected chi connectivity index (χ4v) is 3.41. The van der Waals surface area contributed by atoms with Gasteiger partial charge in [-0.25, -0.2) is 9.78 Å². The normalized spacial score (nSPS) is 11.9. The molecule has 0 radical (unpaired) electrons. The zero-order chi connectivity index (χ0) is 20.2. The molecule has 2 heterocycles. The van der Waals surface area contributed by atoms with Crippen LogP contribution < -0.4 is 0 Å². The van der Waals surface area contributed by atoms with E-state index in [-0.39, 0.29) is 11.5 Å². The van der Waals surface area contributed by atoms with Gasteiger partial charge in [0.1, 0.15) is 5.69 Å². The van der Waals surface area contributed by atoms with Crippen LogP contribution in [0.25, 0.3) is 10.9 Å². The average molecular weight is 384 g/mol. The summed E-state index contributed by atoms with van der Waals surface area (Å²) in [6.45, 7) is 2.07. The number of ketones is 1. The molecule has 4 aromatic rings. The number of nitrogens with one attached hydrogen (secondary N) is 1. The van der Waals surface area contributed by atoms with E-state index in [1.807, 2.05) is 36.4 Å². The molecule has 0 aliphatic rings. The summed E-state index contributed by atoms with van der Waals surface area (Å²) in [5, 5.41) is 0.823. The predicted octanol–water partition coefficient (Wildman–Crippen LogP) is 4.91. The summed E-state index contributed by atoms with van der Waals surface area (Å²) in [5.41, 5.74) is 3.33. The van der Waals surface area contributed by atoms with Gasteiger partial charge in [0.2, 0.25) is 5.78 Å². The van der Waals surface area contributed by atoms with Gasteiger partial charge >= 0.3 is 5.97 Å². The van der Waals surface area contributed by atoms with Crippen molar-refractivity contribution in [1.82, 2.24) is 9.97 Å². The smallest absolute Gasteiger partial charge is 0.357 e. The van der Waals surface area contributed by atoms with E-state index < -0.39 is 12.1 Å². The van der Waals surface area contributed by atoms with Crippen LogP contribution in [0.3, 0.4) is 0 Å². The molecule has 144 valence electrons. The number of H-pyrrole nitrogens is 1. The van der Waals surface area contributed by atoms with Gasteiger partial charge < -0.3 is 9.72 Å². The van der Waals surface area contributed by atoms with Crippen molar-refractivity contribution >= 4 is 22.7 Å². The van der Waals surface area contributed by atoms with Crippen LogP contribution in [0.4, 0.5) is 0 Å². The van der Waals surface area contributed by atoms with Crippen molar-refractivity contribution in [2.24, 2.45) is 0 Å². The Morgan fingerprint density at radius 1 is 1.00 bits per heavy atom. The molecule has 29 heavy (non-hydrogen) atoms. The number of para-hydroxylation sites is 1. The molecule has 1 unspecified atom stereocenters. The SMILES string of the molecule is CCc1cccc2c(C(=O)C(OC(=O)c3ccccn3)c3ccccc3)c[nH]c12. The number of aromatic nitrogens is 2. The quantitative estimate of drug-likeness (QED) is 0.379. The van der Waals surface area contributed by atoms with Crippen molar-refractivity contribution in [3.05, 3.63) is 102 Å². The van der Waals surface area contributed by atoms with E-state index in [4.69, 9.17) is 4.74 Å². The average Bonchev–Trinajstić information content (AvgIpc) is 3.22. The number of benzene rings is 2. The Labute approximate surface area is 168 Å². The van der Waals surface area contributed by atoms with Crippen LogP contribution in [-0.2, 0) is 11.2 Å². The highest BCUT2D eigenvalue weighted by Gasteiger charge is 2.29. The van der Waals surface area contributed by atoms with Crippen LogP contribution in [0.5, 0.6) is 0 Å². The van der Waals surface area contributed by atoms with Gasteiger partial charge in [0, 0.05) is 34.4 Å². The fraction of sp³-hybridized carbons (Fsp3) is 0.125. The summed E-state index contributed by atoms with van der Waals surface area (Å²) in [7, 11) is 0. The molecule has 2 aromatic heterocycles. The minimum Gasteiger partial charge on any atom is -0.444 e. The van der Waals surface area contributed by atoms with Crippen LogP contribution in [0.15, 0.2) is 79.1 Å². The number of carbonyl (C=O) groups is 2. The molecular weight excluding hydrogens is 364 g/mol. The standard InChI is InChI=1S/C24H20N2O3/c1-2-16-11-8-12-18-19(15-26-21(16)18)22(27)23(17-9-4-3-5-10-17)29-24(28)20-13-6-7-14-25-20/h3-15,23,26H,2H2,1H3. The van der Waals surface area contributed by atoms with Crippen LogP contribution in [0.1, 0.15) is 45.0 Å². The van der Waals surface area contributed by atoms with E-state index in [9.17, 15) is 9.59 Å². The minimum absolute atomic E-state index is 0.161. The Balaban J connectivity index is 1.74. The number of hydrogen-bond donors (Lipinski definition) is 1. The van der Waals surface area contributed by atoms with Crippen LogP contribution in [0, 0.1) is 0 Å². The highest BCUT2D eigenvalue weighted by molar-refractivity contribution is 6.11. The van der Waals surface area contributed by atoms with Crippen LogP contribution >= 0.6 is 0 Å².